The molecule has 0 heterocycles. The molecule has 1 aliphatic carbocycles. The van der Waals surface area contributed by atoms with Gasteiger partial charge in [-0.2, -0.15) is 0 Å². The molecule has 21 heavy (non-hydrogen) atoms. The van der Waals surface area contributed by atoms with Crippen molar-refractivity contribution in [1.29, 1.82) is 0 Å². The fraction of sp³-hybridized carbons (Fsp3) is 0.538. The molecule has 0 unspecified atom stereocenters. The first kappa shape index (κ1) is 15.7. The van der Waals surface area contributed by atoms with Crippen LogP contribution in [0.5, 0.6) is 0 Å². The molecule has 2 rings (SSSR count). The molecule has 0 saturated heterocycles. The molecule has 1 fully saturated rings. The smallest absolute Gasteiger partial charge is 0.312 e. The van der Waals surface area contributed by atoms with Gasteiger partial charge in [-0.15, -0.1) is 0 Å². The highest BCUT2D eigenvalue weighted by Gasteiger charge is 2.29. The summed E-state index contributed by atoms with van der Waals surface area (Å²) in [6.07, 6.45) is 4.23. The van der Waals surface area contributed by atoms with E-state index in [0.717, 1.165) is 25.7 Å². The number of benzene rings is 1. The number of anilines is 1. The Bertz CT molecular complexity index is 624. The molecule has 0 aliphatic heterocycles. The molecule has 8 heteroatoms. The van der Waals surface area contributed by atoms with Gasteiger partial charge >= 0.3 is 5.69 Å². The summed E-state index contributed by atoms with van der Waals surface area (Å²) in [5.41, 5.74) is -0.234. The highest BCUT2D eigenvalue weighted by Crippen LogP contribution is 2.32. The number of sulfonamides is 1. The molecule has 0 spiro atoms. The molecule has 1 aromatic carbocycles. The number of hydrogen-bond acceptors (Lipinski definition) is 5. The SMILES string of the molecule is CNc1cccc(S(=O)(=O)NCC2CCCC2)c1[N+](=O)[O-]. The number of nitrogens with one attached hydrogen (secondary N) is 2. The van der Waals surface area contributed by atoms with Gasteiger partial charge in [-0.3, -0.25) is 10.1 Å². The molecular formula is C13H19N3O4S. The predicted molar refractivity (Wildman–Crippen MR) is 79.8 cm³/mol. The lowest BCUT2D eigenvalue weighted by atomic mass is 10.1. The van der Waals surface area contributed by atoms with Crippen molar-refractivity contribution < 1.29 is 13.3 Å². The summed E-state index contributed by atoms with van der Waals surface area (Å²) in [5.74, 6) is 0.325. The van der Waals surface area contributed by atoms with Crippen LogP contribution in [0, 0.1) is 16.0 Å². The Hall–Kier alpha value is -1.67. The van der Waals surface area contributed by atoms with Gasteiger partial charge in [-0.05, 0) is 30.9 Å². The van der Waals surface area contributed by atoms with Gasteiger partial charge < -0.3 is 5.32 Å². The molecule has 0 bridgehead atoms. The molecule has 116 valence electrons. The van der Waals surface area contributed by atoms with E-state index in [9.17, 15) is 18.5 Å². The van der Waals surface area contributed by atoms with Crippen LogP contribution >= 0.6 is 0 Å². The maximum Gasteiger partial charge on any atom is 0.312 e. The first-order valence-electron chi connectivity index (χ1n) is 6.90. The summed E-state index contributed by atoms with van der Waals surface area (Å²) in [4.78, 5) is 10.2. The highest BCUT2D eigenvalue weighted by molar-refractivity contribution is 7.89. The lowest BCUT2D eigenvalue weighted by molar-refractivity contribution is -0.386. The summed E-state index contributed by atoms with van der Waals surface area (Å²) in [6, 6.07) is 4.23. The van der Waals surface area contributed by atoms with Gasteiger partial charge in [0.1, 0.15) is 5.69 Å². The zero-order chi connectivity index (χ0) is 15.5. The lowest BCUT2D eigenvalue weighted by Crippen LogP contribution is -2.29. The maximum absolute atomic E-state index is 12.3. The second kappa shape index (κ2) is 6.40. The fourth-order valence-corrected chi connectivity index (χ4v) is 3.96. The quantitative estimate of drug-likeness (QED) is 0.618. The van der Waals surface area contributed by atoms with Crippen LogP contribution in [-0.2, 0) is 10.0 Å². The third kappa shape index (κ3) is 3.51. The fourth-order valence-electron chi connectivity index (χ4n) is 2.65. The van der Waals surface area contributed by atoms with E-state index in [1.54, 1.807) is 0 Å². The third-order valence-electron chi connectivity index (χ3n) is 3.78. The monoisotopic (exact) mass is 313 g/mol. The molecule has 0 radical (unpaired) electrons. The Morgan fingerprint density at radius 3 is 2.57 bits per heavy atom. The number of nitro groups is 1. The standard InChI is InChI=1S/C13H19N3O4S/c1-14-11-7-4-8-12(13(11)16(17)18)21(19,20)15-9-10-5-2-3-6-10/h4,7-8,10,14-15H,2-3,5-6,9H2,1H3. The number of rotatable bonds is 6. The van der Waals surface area contributed by atoms with Gasteiger partial charge in [-0.1, -0.05) is 18.9 Å². The first-order valence-corrected chi connectivity index (χ1v) is 8.39. The molecule has 7 nitrogen and oxygen atoms in total. The largest absolute Gasteiger partial charge is 0.383 e. The van der Waals surface area contributed by atoms with Crippen LogP contribution in [0.2, 0.25) is 0 Å². The average Bonchev–Trinajstić information content (AvgIpc) is 2.97. The summed E-state index contributed by atoms with van der Waals surface area (Å²) >= 11 is 0. The summed E-state index contributed by atoms with van der Waals surface area (Å²) in [7, 11) is -2.37. The molecule has 1 aliphatic rings. The van der Waals surface area contributed by atoms with Crippen LogP contribution in [0.1, 0.15) is 25.7 Å². The van der Waals surface area contributed by atoms with E-state index < -0.39 is 20.6 Å². The summed E-state index contributed by atoms with van der Waals surface area (Å²) < 4.78 is 27.2. The Kier molecular flexibility index (Phi) is 4.79. The van der Waals surface area contributed by atoms with Gasteiger partial charge in [0, 0.05) is 13.6 Å². The Balaban J connectivity index is 2.28. The first-order chi connectivity index (χ1) is 9.95. The second-order valence-corrected chi connectivity index (χ2v) is 6.90. The van der Waals surface area contributed by atoms with Gasteiger partial charge in [0.2, 0.25) is 10.0 Å². The van der Waals surface area contributed by atoms with Crippen LogP contribution in [0.15, 0.2) is 23.1 Å². The van der Waals surface area contributed by atoms with Crippen molar-refractivity contribution in [3.63, 3.8) is 0 Å². The number of nitrogens with zero attached hydrogens (tertiary/aromatic N) is 1. The molecule has 2 N–H and O–H groups in total. The van der Waals surface area contributed by atoms with Gasteiger partial charge in [0.05, 0.1) is 4.92 Å². The Morgan fingerprint density at radius 2 is 2.00 bits per heavy atom. The summed E-state index contributed by atoms with van der Waals surface area (Å²) in [6.45, 7) is 0.337. The van der Waals surface area contributed by atoms with Crippen LogP contribution in [0.3, 0.4) is 0 Å². The lowest BCUT2D eigenvalue weighted by Gasteiger charge is -2.12. The second-order valence-electron chi connectivity index (χ2n) is 5.16. The van der Waals surface area contributed by atoms with Crippen LogP contribution in [0.4, 0.5) is 11.4 Å². The molecule has 1 aromatic rings. The van der Waals surface area contributed by atoms with Gasteiger partial charge in [0.15, 0.2) is 4.90 Å². The van der Waals surface area contributed by atoms with Crippen molar-refractivity contribution in [2.45, 2.75) is 30.6 Å². The van der Waals surface area contributed by atoms with E-state index in [0.29, 0.717) is 12.5 Å². The Labute approximate surface area is 123 Å². The number of hydrogen-bond donors (Lipinski definition) is 2. The van der Waals surface area contributed by atoms with Crippen molar-refractivity contribution in [2.24, 2.45) is 5.92 Å². The minimum absolute atomic E-state index is 0.184. The zero-order valence-corrected chi connectivity index (χ0v) is 12.6. The number of para-hydroxylation sites is 1. The van der Waals surface area contributed by atoms with Crippen LogP contribution < -0.4 is 10.0 Å². The van der Waals surface area contributed by atoms with E-state index in [-0.39, 0.29) is 10.6 Å². The average molecular weight is 313 g/mol. The molecule has 0 amide bonds. The topological polar surface area (TPSA) is 101 Å². The minimum atomic E-state index is -3.89. The van der Waals surface area contributed by atoms with Crippen LogP contribution in [-0.4, -0.2) is 26.9 Å². The molecule has 0 aromatic heterocycles. The third-order valence-corrected chi connectivity index (χ3v) is 5.23. The maximum atomic E-state index is 12.3. The van der Waals surface area contributed by atoms with E-state index in [2.05, 4.69) is 10.0 Å². The molecule has 0 atom stereocenters. The van der Waals surface area contributed by atoms with E-state index in [1.165, 1.54) is 25.2 Å². The van der Waals surface area contributed by atoms with Gasteiger partial charge in [-0.25, -0.2) is 13.1 Å². The van der Waals surface area contributed by atoms with Crippen molar-refractivity contribution in [3.8, 4) is 0 Å². The van der Waals surface area contributed by atoms with Crippen molar-refractivity contribution >= 4 is 21.4 Å². The van der Waals surface area contributed by atoms with E-state index in [1.807, 2.05) is 0 Å². The minimum Gasteiger partial charge on any atom is -0.383 e. The number of nitro benzene ring substituents is 1. The van der Waals surface area contributed by atoms with Crippen molar-refractivity contribution in [3.05, 3.63) is 28.3 Å². The van der Waals surface area contributed by atoms with Crippen molar-refractivity contribution in [1.82, 2.24) is 4.72 Å². The predicted octanol–water partition coefficient (Wildman–Crippen LogP) is 2.10. The van der Waals surface area contributed by atoms with Crippen LogP contribution in [0.25, 0.3) is 0 Å². The molecular weight excluding hydrogens is 294 g/mol. The van der Waals surface area contributed by atoms with E-state index in [4.69, 9.17) is 0 Å². The van der Waals surface area contributed by atoms with Crippen molar-refractivity contribution in [2.75, 3.05) is 18.9 Å². The van der Waals surface area contributed by atoms with E-state index >= 15 is 0 Å². The normalized spacial score (nSPS) is 16.0. The van der Waals surface area contributed by atoms with Gasteiger partial charge in [0.25, 0.3) is 0 Å². The Morgan fingerprint density at radius 1 is 1.33 bits per heavy atom. The molecule has 1 saturated carbocycles. The summed E-state index contributed by atoms with van der Waals surface area (Å²) in [5, 5.41) is 13.8. The zero-order valence-electron chi connectivity index (χ0n) is 11.8. The highest BCUT2D eigenvalue weighted by atomic mass is 32.2.